The first-order valence-electron chi connectivity index (χ1n) is 8.02. The number of rotatable bonds is 4. The molecule has 2 N–H and O–H groups in total. The minimum atomic E-state index is -3.96. The Morgan fingerprint density at radius 1 is 1.08 bits per heavy atom. The molecule has 0 saturated carbocycles. The van der Waals surface area contributed by atoms with Crippen molar-refractivity contribution in [2.24, 2.45) is 5.14 Å². The van der Waals surface area contributed by atoms with Gasteiger partial charge in [-0.2, -0.15) is 0 Å². The van der Waals surface area contributed by atoms with Gasteiger partial charge in [0.2, 0.25) is 10.0 Å². The lowest BCUT2D eigenvalue weighted by Gasteiger charge is -2.19. The third-order valence-corrected chi connectivity index (χ3v) is 5.47. The predicted octanol–water partition coefficient (Wildman–Crippen LogP) is 2.00. The number of anilines is 1. The second-order valence-corrected chi connectivity index (χ2v) is 7.77. The van der Waals surface area contributed by atoms with E-state index in [1.54, 1.807) is 19.9 Å². The Morgan fingerprint density at radius 3 is 2.35 bits per heavy atom. The van der Waals surface area contributed by atoms with Crippen molar-refractivity contribution in [1.82, 2.24) is 4.90 Å². The molecule has 3 rings (SSSR count). The number of primary sulfonamides is 1. The zero-order valence-corrected chi connectivity index (χ0v) is 15.2. The van der Waals surface area contributed by atoms with Crippen LogP contribution in [0.3, 0.4) is 0 Å². The zero-order chi connectivity index (χ0) is 19.1. The van der Waals surface area contributed by atoms with Crippen LogP contribution < -0.4 is 10.0 Å². The number of amides is 3. The summed E-state index contributed by atoms with van der Waals surface area (Å²) in [5.41, 5.74) is 1.54. The highest BCUT2D eigenvalue weighted by Gasteiger charge is 2.43. The molecule has 3 amide bonds. The Bertz CT molecular complexity index is 973. The van der Waals surface area contributed by atoms with Gasteiger partial charge in [0.05, 0.1) is 10.6 Å². The van der Waals surface area contributed by atoms with Gasteiger partial charge in [-0.25, -0.2) is 23.3 Å². The molecule has 2 aromatic carbocycles. The summed E-state index contributed by atoms with van der Waals surface area (Å²) in [6.07, 6.45) is 0. The molecule has 0 bridgehead atoms. The molecular formula is C18H19N3O4S. The highest BCUT2D eigenvalue weighted by Crippen LogP contribution is 2.29. The fraction of sp³-hybridized carbons (Fsp3) is 0.222. The van der Waals surface area contributed by atoms with E-state index in [2.05, 4.69) is 0 Å². The van der Waals surface area contributed by atoms with Gasteiger partial charge in [0.1, 0.15) is 6.04 Å². The normalized spacial score (nSPS) is 17.9. The van der Waals surface area contributed by atoms with Crippen LogP contribution in [0.2, 0.25) is 0 Å². The monoisotopic (exact) mass is 373 g/mol. The molecule has 7 nitrogen and oxygen atoms in total. The number of carbonyl (C=O) groups excluding carboxylic acids is 2. The van der Waals surface area contributed by atoms with Crippen molar-refractivity contribution < 1.29 is 18.0 Å². The summed E-state index contributed by atoms with van der Waals surface area (Å²) < 4.78 is 23.5. The number of hydrogen-bond donors (Lipinski definition) is 1. The lowest BCUT2D eigenvalue weighted by atomic mass is 10.2. The molecular weight excluding hydrogens is 354 g/mol. The number of hydrogen-bond acceptors (Lipinski definition) is 4. The Labute approximate surface area is 152 Å². The van der Waals surface area contributed by atoms with Crippen LogP contribution in [-0.4, -0.2) is 31.3 Å². The molecule has 1 saturated heterocycles. The van der Waals surface area contributed by atoms with Crippen LogP contribution in [0.1, 0.15) is 18.1 Å². The highest BCUT2D eigenvalue weighted by atomic mass is 32.2. The van der Waals surface area contributed by atoms with Gasteiger partial charge in [0, 0.05) is 6.54 Å². The van der Waals surface area contributed by atoms with Crippen molar-refractivity contribution in [3.05, 3.63) is 59.7 Å². The maximum Gasteiger partial charge on any atom is 0.332 e. The summed E-state index contributed by atoms with van der Waals surface area (Å²) in [6.45, 7) is 3.54. The number of nitrogens with two attached hydrogens (primary N) is 1. The second kappa shape index (κ2) is 6.54. The standard InChI is InChI=1S/C18H19N3O4S/c1-12-8-9-15(10-16(12)26(19,24)25)21-17(22)13(2)20(18(21)23)11-14-6-4-3-5-7-14/h3-10,13H,11H2,1-2H3,(H2,19,24,25). The van der Waals surface area contributed by atoms with Crippen molar-refractivity contribution in [3.8, 4) is 0 Å². The van der Waals surface area contributed by atoms with Crippen LogP contribution in [-0.2, 0) is 21.4 Å². The second-order valence-electron chi connectivity index (χ2n) is 6.24. The third kappa shape index (κ3) is 3.21. The molecule has 2 aromatic rings. The molecule has 1 unspecified atom stereocenters. The highest BCUT2D eigenvalue weighted by molar-refractivity contribution is 7.89. The lowest BCUT2D eigenvalue weighted by Crippen LogP contribution is -2.33. The van der Waals surface area contributed by atoms with E-state index in [9.17, 15) is 18.0 Å². The number of aryl methyl sites for hydroxylation is 1. The van der Waals surface area contributed by atoms with Gasteiger partial charge >= 0.3 is 6.03 Å². The first-order valence-corrected chi connectivity index (χ1v) is 9.56. The Morgan fingerprint density at radius 2 is 1.73 bits per heavy atom. The van der Waals surface area contributed by atoms with Crippen molar-refractivity contribution >= 4 is 27.6 Å². The first-order chi connectivity index (χ1) is 12.2. The Hall–Kier alpha value is -2.71. The summed E-state index contributed by atoms with van der Waals surface area (Å²) in [5.74, 6) is -0.407. The average Bonchev–Trinajstić information content (AvgIpc) is 2.79. The zero-order valence-electron chi connectivity index (χ0n) is 14.4. The molecule has 1 fully saturated rings. The van der Waals surface area contributed by atoms with Gasteiger partial charge in [0.25, 0.3) is 5.91 Å². The van der Waals surface area contributed by atoms with E-state index in [0.717, 1.165) is 10.5 Å². The Balaban J connectivity index is 1.96. The van der Waals surface area contributed by atoms with Gasteiger partial charge in [-0.3, -0.25) is 4.79 Å². The molecule has 0 spiro atoms. The van der Waals surface area contributed by atoms with E-state index >= 15 is 0 Å². The maximum atomic E-state index is 12.8. The van der Waals surface area contributed by atoms with Crippen LogP contribution in [0.15, 0.2) is 53.4 Å². The first kappa shape index (κ1) is 18.1. The van der Waals surface area contributed by atoms with Crippen molar-refractivity contribution in [2.45, 2.75) is 31.3 Å². The van der Waals surface area contributed by atoms with E-state index in [1.165, 1.54) is 17.0 Å². The van der Waals surface area contributed by atoms with Crippen LogP contribution in [0.5, 0.6) is 0 Å². The molecule has 1 aliphatic rings. The van der Waals surface area contributed by atoms with Crippen molar-refractivity contribution in [1.29, 1.82) is 0 Å². The van der Waals surface area contributed by atoms with E-state index in [4.69, 9.17) is 5.14 Å². The predicted molar refractivity (Wildman–Crippen MR) is 96.9 cm³/mol. The van der Waals surface area contributed by atoms with Crippen LogP contribution in [0.4, 0.5) is 10.5 Å². The summed E-state index contributed by atoms with van der Waals surface area (Å²) in [4.78, 5) is 27.8. The van der Waals surface area contributed by atoms with Gasteiger partial charge in [-0.15, -0.1) is 0 Å². The van der Waals surface area contributed by atoms with Crippen molar-refractivity contribution in [2.75, 3.05) is 4.90 Å². The Kier molecular flexibility index (Phi) is 4.55. The molecule has 0 aliphatic carbocycles. The summed E-state index contributed by atoms with van der Waals surface area (Å²) in [7, 11) is -3.96. The smallest absolute Gasteiger partial charge is 0.308 e. The third-order valence-electron chi connectivity index (χ3n) is 4.41. The molecule has 1 atom stereocenters. The quantitative estimate of drug-likeness (QED) is 0.828. The molecule has 1 aliphatic heterocycles. The average molecular weight is 373 g/mol. The van der Waals surface area contributed by atoms with E-state index < -0.39 is 28.0 Å². The molecule has 0 aromatic heterocycles. The van der Waals surface area contributed by atoms with Crippen LogP contribution in [0, 0.1) is 6.92 Å². The van der Waals surface area contributed by atoms with Gasteiger partial charge in [-0.05, 0) is 37.1 Å². The number of sulfonamides is 1. The van der Waals surface area contributed by atoms with E-state index in [-0.39, 0.29) is 17.1 Å². The minimum Gasteiger partial charge on any atom is -0.308 e. The summed E-state index contributed by atoms with van der Waals surface area (Å²) >= 11 is 0. The molecule has 1 heterocycles. The number of imide groups is 1. The number of urea groups is 1. The topological polar surface area (TPSA) is 101 Å². The summed E-state index contributed by atoms with van der Waals surface area (Å²) in [6, 6.07) is 12.5. The maximum absolute atomic E-state index is 12.8. The fourth-order valence-electron chi connectivity index (χ4n) is 2.97. The molecule has 26 heavy (non-hydrogen) atoms. The fourth-order valence-corrected chi connectivity index (χ4v) is 3.77. The lowest BCUT2D eigenvalue weighted by molar-refractivity contribution is -0.119. The SMILES string of the molecule is Cc1ccc(N2C(=O)C(C)N(Cc3ccccc3)C2=O)cc1S(N)(=O)=O. The van der Waals surface area contributed by atoms with Gasteiger partial charge < -0.3 is 4.90 Å². The van der Waals surface area contributed by atoms with Crippen LogP contribution >= 0.6 is 0 Å². The minimum absolute atomic E-state index is 0.107. The van der Waals surface area contributed by atoms with E-state index in [1.807, 2.05) is 30.3 Å². The largest absolute Gasteiger partial charge is 0.332 e. The number of nitrogens with zero attached hydrogens (tertiary/aromatic N) is 2. The van der Waals surface area contributed by atoms with E-state index in [0.29, 0.717) is 5.56 Å². The molecule has 136 valence electrons. The molecule has 0 radical (unpaired) electrons. The van der Waals surface area contributed by atoms with Crippen molar-refractivity contribution in [3.63, 3.8) is 0 Å². The number of carbonyl (C=O) groups is 2. The number of benzene rings is 2. The van der Waals surface area contributed by atoms with Crippen LogP contribution in [0.25, 0.3) is 0 Å². The summed E-state index contributed by atoms with van der Waals surface area (Å²) in [5, 5.41) is 5.22. The van der Waals surface area contributed by atoms with Gasteiger partial charge in [0.15, 0.2) is 0 Å². The molecule has 8 heteroatoms. The van der Waals surface area contributed by atoms with Gasteiger partial charge in [-0.1, -0.05) is 36.4 Å².